The highest BCUT2D eigenvalue weighted by atomic mass is 14.8. The molecule has 0 radical (unpaired) electrons. The summed E-state index contributed by atoms with van der Waals surface area (Å²) in [7, 11) is 2.02. The van der Waals surface area contributed by atoms with Gasteiger partial charge in [-0.25, -0.2) is 0 Å². The summed E-state index contributed by atoms with van der Waals surface area (Å²) in [4.78, 5) is 0. The van der Waals surface area contributed by atoms with Crippen LogP contribution in [0.15, 0.2) is 54.6 Å². The number of hydrogen-bond acceptors (Lipinski definition) is 1. The highest BCUT2D eigenvalue weighted by molar-refractivity contribution is 5.54. The van der Waals surface area contributed by atoms with E-state index in [1.807, 2.05) is 7.05 Å². The van der Waals surface area contributed by atoms with Gasteiger partial charge in [-0.3, -0.25) is 0 Å². The van der Waals surface area contributed by atoms with E-state index >= 15 is 0 Å². The smallest absolute Gasteiger partial charge is 0.0375 e. The van der Waals surface area contributed by atoms with Gasteiger partial charge in [0, 0.05) is 18.2 Å². The van der Waals surface area contributed by atoms with Gasteiger partial charge in [0.05, 0.1) is 0 Å². The summed E-state index contributed by atoms with van der Waals surface area (Å²) in [5.74, 6) is 0. The Morgan fingerprint density at radius 2 is 1.57 bits per heavy atom. The molecule has 1 N–H and O–H groups in total. The predicted octanol–water partition coefficient (Wildman–Crippen LogP) is 5.42. The molecule has 0 aliphatic heterocycles. The standard InChI is InChI=1S/C20H27N/c1-4-15-20(5-2,16-17-11-7-6-8-12-17)18-13-9-10-14-19(18)21-3/h6-14,21H,4-5,15-16H2,1-3H3. The molecule has 1 nitrogen and oxygen atoms in total. The number of rotatable bonds is 7. The van der Waals surface area contributed by atoms with Crippen molar-refractivity contribution in [1.29, 1.82) is 0 Å². The van der Waals surface area contributed by atoms with Crippen molar-refractivity contribution in [2.24, 2.45) is 0 Å². The van der Waals surface area contributed by atoms with E-state index < -0.39 is 0 Å². The Balaban J connectivity index is 2.45. The van der Waals surface area contributed by atoms with Gasteiger partial charge in [-0.2, -0.15) is 0 Å². The molecular weight excluding hydrogens is 254 g/mol. The summed E-state index contributed by atoms with van der Waals surface area (Å²) >= 11 is 0. The van der Waals surface area contributed by atoms with Crippen LogP contribution in [0.25, 0.3) is 0 Å². The molecule has 2 rings (SSSR count). The minimum Gasteiger partial charge on any atom is -0.388 e. The fraction of sp³-hybridized carbons (Fsp3) is 0.400. The Morgan fingerprint density at radius 1 is 0.905 bits per heavy atom. The number of anilines is 1. The van der Waals surface area contributed by atoms with E-state index in [1.165, 1.54) is 29.7 Å². The lowest BCUT2D eigenvalue weighted by atomic mass is 9.70. The van der Waals surface area contributed by atoms with Gasteiger partial charge < -0.3 is 5.32 Å². The van der Waals surface area contributed by atoms with Crippen LogP contribution in [0.3, 0.4) is 0 Å². The van der Waals surface area contributed by atoms with Crippen molar-refractivity contribution in [2.75, 3.05) is 12.4 Å². The van der Waals surface area contributed by atoms with Crippen LogP contribution in [0.1, 0.15) is 44.2 Å². The number of benzene rings is 2. The maximum atomic E-state index is 3.38. The molecule has 1 atom stereocenters. The minimum atomic E-state index is 0.218. The Bertz CT molecular complexity index is 547. The molecule has 1 unspecified atom stereocenters. The van der Waals surface area contributed by atoms with Crippen LogP contribution in [-0.2, 0) is 11.8 Å². The van der Waals surface area contributed by atoms with Gasteiger partial charge in [-0.15, -0.1) is 0 Å². The average molecular weight is 281 g/mol. The normalized spacial score (nSPS) is 13.7. The lowest BCUT2D eigenvalue weighted by molar-refractivity contribution is 0.373. The molecule has 0 saturated heterocycles. The molecule has 21 heavy (non-hydrogen) atoms. The van der Waals surface area contributed by atoms with Crippen LogP contribution in [0.2, 0.25) is 0 Å². The van der Waals surface area contributed by atoms with Crippen molar-refractivity contribution in [3.63, 3.8) is 0 Å². The summed E-state index contributed by atoms with van der Waals surface area (Å²) in [5, 5.41) is 3.38. The topological polar surface area (TPSA) is 12.0 Å². The molecule has 0 fully saturated rings. The van der Waals surface area contributed by atoms with Gasteiger partial charge in [-0.05, 0) is 36.5 Å². The van der Waals surface area contributed by atoms with Gasteiger partial charge >= 0.3 is 0 Å². The van der Waals surface area contributed by atoms with Crippen molar-refractivity contribution >= 4 is 5.69 Å². The molecule has 2 aromatic carbocycles. The first-order chi connectivity index (χ1) is 10.3. The SMILES string of the molecule is CCCC(CC)(Cc1ccccc1)c1ccccc1NC. The van der Waals surface area contributed by atoms with Crippen molar-refractivity contribution < 1.29 is 0 Å². The Labute approximate surface area is 129 Å². The Hall–Kier alpha value is -1.76. The summed E-state index contributed by atoms with van der Waals surface area (Å²) in [6, 6.07) is 19.7. The average Bonchev–Trinajstić information content (AvgIpc) is 2.55. The van der Waals surface area contributed by atoms with E-state index in [-0.39, 0.29) is 5.41 Å². The molecule has 0 aromatic heterocycles. The van der Waals surface area contributed by atoms with Crippen LogP contribution >= 0.6 is 0 Å². The largest absolute Gasteiger partial charge is 0.388 e. The minimum absolute atomic E-state index is 0.218. The third-order valence-corrected chi connectivity index (χ3v) is 4.56. The predicted molar refractivity (Wildman–Crippen MR) is 93.0 cm³/mol. The zero-order valence-electron chi connectivity index (χ0n) is 13.5. The second-order valence-corrected chi connectivity index (χ2v) is 5.84. The maximum Gasteiger partial charge on any atom is 0.0375 e. The Kier molecular flexibility index (Phi) is 5.44. The van der Waals surface area contributed by atoms with Crippen molar-refractivity contribution in [3.05, 3.63) is 65.7 Å². The summed E-state index contributed by atoms with van der Waals surface area (Å²) in [6.45, 7) is 4.61. The van der Waals surface area contributed by atoms with Gasteiger partial charge in [0.1, 0.15) is 0 Å². The van der Waals surface area contributed by atoms with E-state index in [9.17, 15) is 0 Å². The third-order valence-electron chi connectivity index (χ3n) is 4.56. The van der Waals surface area contributed by atoms with Gasteiger partial charge in [-0.1, -0.05) is 68.8 Å². The summed E-state index contributed by atoms with van der Waals surface area (Å²) in [5.41, 5.74) is 4.37. The first-order valence-electron chi connectivity index (χ1n) is 8.07. The van der Waals surface area contributed by atoms with Crippen LogP contribution in [-0.4, -0.2) is 7.05 Å². The number of para-hydroxylation sites is 1. The van der Waals surface area contributed by atoms with Crippen molar-refractivity contribution in [2.45, 2.75) is 44.9 Å². The van der Waals surface area contributed by atoms with Gasteiger partial charge in [0.25, 0.3) is 0 Å². The lowest BCUT2D eigenvalue weighted by Crippen LogP contribution is -2.29. The fourth-order valence-electron chi connectivity index (χ4n) is 3.44. The van der Waals surface area contributed by atoms with E-state index in [4.69, 9.17) is 0 Å². The molecule has 0 bridgehead atoms. The van der Waals surface area contributed by atoms with Crippen molar-refractivity contribution in [1.82, 2.24) is 0 Å². The van der Waals surface area contributed by atoms with Crippen molar-refractivity contribution in [3.8, 4) is 0 Å². The number of nitrogens with one attached hydrogen (secondary N) is 1. The van der Waals surface area contributed by atoms with Crippen LogP contribution in [0.5, 0.6) is 0 Å². The maximum absolute atomic E-state index is 3.38. The van der Waals surface area contributed by atoms with Crippen LogP contribution < -0.4 is 5.32 Å². The van der Waals surface area contributed by atoms with E-state index in [0.29, 0.717) is 0 Å². The molecule has 2 aromatic rings. The van der Waals surface area contributed by atoms with Gasteiger partial charge in [0.2, 0.25) is 0 Å². The van der Waals surface area contributed by atoms with Crippen LogP contribution in [0.4, 0.5) is 5.69 Å². The zero-order valence-corrected chi connectivity index (χ0v) is 13.5. The molecule has 0 heterocycles. The van der Waals surface area contributed by atoms with E-state index in [0.717, 1.165) is 12.8 Å². The monoisotopic (exact) mass is 281 g/mol. The molecule has 0 aliphatic rings. The van der Waals surface area contributed by atoms with E-state index in [2.05, 4.69) is 73.8 Å². The summed E-state index contributed by atoms with van der Waals surface area (Å²) < 4.78 is 0. The molecule has 1 heteroatoms. The fourth-order valence-corrected chi connectivity index (χ4v) is 3.44. The Morgan fingerprint density at radius 3 is 2.19 bits per heavy atom. The first-order valence-corrected chi connectivity index (χ1v) is 8.07. The molecule has 0 saturated carbocycles. The molecule has 0 amide bonds. The first kappa shape index (κ1) is 15.6. The molecule has 0 spiro atoms. The van der Waals surface area contributed by atoms with E-state index in [1.54, 1.807) is 0 Å². The molecule has 0 aliphatic carbocycles. The molecule has 112 valence electrons. The molecular formula is C20H27N. The highest BCUT2D eigenvalue weighted by Crippen LogP contribution is 2.40. The second-order valence-electron chi connectivity index (χ2n) is 5.84. The quantitative estimate of drug-likeness (QED) is 0.714. The zero-order chi connectivity index (χ0) is 15.1. The summed E-state index contributed by atoms with van der Waals surface area (Å²) in [6.07, 6.45) is 4.70. The lowest BCUT2D eigenvalue weighted by Gasteiger charge is -2.35. The highest BCUT2D eigenvalue weighted by Gasteiger charge is 2.31. The third kappa shape index (κ3) is 3.47. The number of hydrogen-bond donors (Lipinski definition) is 1. The second kappa shape index (κ2) is 7.31. The van der Waals surface area contributed by atoms with Crippen LogP contribution in [0, 0.1) is 0 Å². The van der Waals surface area contributed by atoms with Gasteiger partial charge in [0.15, 0.2) is 0 Å².